The Balaban J connectivity index is 1.01. The van der Waals surface area contributed by atoms with Gasteiger partial charge in [-0.05, 0) is 49.8 Å². The van der Waals surface area contributed by atoms with Gasteiger partial charge in [0, 0.05) is 40.8 Å². The molecule has 0 saturated heterocycles. The molecule has 36 heavy (non-hydrogen) atoms. The highest BCUT2D eigenvalue weighted by atomic mass is 35.5. The molecule has 0 radical (unpaired) electrons. The predicted molar refractivity (Wildman–Crippen MR) is 123 cm³/mol. The van der Waals surface area contributed by atoms with Gasteiger partial charge < -0.3 is 19.9 Å². The standard InChI is InChI=1S/C24H24ClF3N2O5S/c25-13-1-2-19-15(5-13)18(31)6-20(33-19)21(32)29-16-9-23(7-12(16)8-23)35-22-30-17(10-36-22)11-3-14(4-11)34-24(26,27)28/h1-2,5,10-12,14,16,18,20,31H,3-4,6-9H2,(H,29,32)/t11?,12?,14?,16?,18-,20-,23?/m1/s1. The van der Waals surface area contributed by atoms with Gasteiger partial charge in [0.15, 0.2) is 6.10 Å². The van der Waals surface area contributed by atoms with E-state index < -0.39 is 30.3 Å². The molecule has 2 heterocycles. The molecule has 7 nitrogen and oxygen atoms in total. The average Bonchev–Trinajstić information content (AvgIpc) is 3.43. The quantitative estimate of drug-likeness (QED) is 0.539. The van der Waals surface area contributed by atoms with Crippen LogP contribution in [0, 0.1) is 5.92 Å². The Kier molecular flexibility index (Phi) is 5.90. The largest absolute Gasteiger partial charge is 0.522 e. The van der Waals surface area contributed by atoms with Crippen molar-refractivity contribution in [1.82, 2.24) is 10.3 Å². The molecule has 2 aromatic rings. The van der Waals surface area contributed by atoms with Gasteiger partial charge in [-0.2, -0.15) is 0 Å². The number of fused-ring (bicyclic) bond motifs is 2. The predicted octanol–water partition coefficient (Wildman–Crippen LogP) is 4.88. The smallest absolute Gasteiger partial charge is 0.480 e. The summed E-state index contributed by atoms with van der Waals surface area (Å²) in [5, 5.41) is 16.4. The van der Waals surface area contributed by atoms with Crippen molar-refractivity contribution < 1.29 is 37.3 Å². The van der Waals surface area contributed by atoms with Gasteiger partial charge in [-0.3, -0.25) is 9.53 Å². The van der Waals surface area contributed by atoms with Crippen LogP contribution >= 0.6 is 22.9 Å². The SMILES string of the molecule is O=C(NC1CC2(Oc3nc(C4CC(OC(F)(F)F)C4)cs3)CC1C2)[C@H]1C[C@@H](O)c2cc(Cl)ccc2O1. The number of nitrogens with zero attached hydrogens (tertiary/aromatic N) is 1. The number of aliphatic hydroxyl groups excluding tert-OH is 1. The first-order chi connectivity index (χ1) is 17.1. The normalized spacial score (nSPS) is 34.7. The highest BCUT2D eigenvalue weighted by Gasteiger charge is 2.59. The average molecular weight is 545 g/mol. The Morgan fingerprint density at radius 2 is 2.03 bits per heavy atom. The minimum absolute atomic E-state index is 0.0554. The Morgan fingerprint density at radius 1 is 1.25 bits per heavy atom. The van der Waals surface area contributed by atoms with Crippen LogP contribution in [0.3, 0.4) is 0 Å². The van der Waals surface area contributed by atoms with Gasteiger partial charge in [-0.1, -0.05) is 22.9 Å². The van der Waals surface area contributed by atoms with E-state index in [9.17, 15) is 23.1 Å². The summed E-state index contributed by atoms with van der Waals surface area (Å²) in [6.07, 6.45) is -4.08. The van der Waals surface area contributed by atoms with Gasteiger partial charge in [0.2, 0.25) is 0 Å². The number of rotatable bonds is 6. The highest BCUT2D eigenvalue weighted by Crippen LogP contribution is 2.55. The number of hydrogen-bond donors (Lipinski definition) is 2. The molecule has 194 valence electrons. The van der Waals surface area contributed by atoms with Crippen molar-refractivity contribution in [3.63, 3.8) is 0 Å². The molecule has 1 aromatic carbocycles. The van der Waals surface area contributed by atoms with Crippen LogP contribution in [0.15, 0.2) is 23.6 Å². The van der Waals surface area contributed by atoms with Gasteiger partial charge in [-0.15, -0.1) is 13.2 Å². The van der Waals surface area contributed by atoms with Crippen LogP contribution in [0.2, 0.25) is 5.02 Å². The Hall–Kier alpha value is -2.08. The monoisotopic (exact) mass is 544 g/mol. The Bertz CT molecular complexity index is 1160. The van der Waals surface area contributed by atoms with Gasteiger partial charge >= 0.3 is 6.36 Å². The molecule has 1 unspecified atom stereocenters. The van der Waals surface area contributed by atoms with Crippen molar-refractivity contribution in [2.24, 2.45) is 5.92 Å². The molecule has 7 rings (SSSR count). The maximum atomic E-state index is 12.9. The third-order valence-corrected chi connectivity index (χ3v) is 8.68. The number of aromatic nitrogens is 1. The number of aliphatic hydroxyl groups is 1. The van der Waals surface area contributed by atoms with Crippen molar-refractivity contribution in [1.29, 1.82) is 0 Å². The zero-order valence-electron chi connectivity index (χ0n) is 19.0. The first-order valence-electron chi connectivity index (χ1n) is 11.9. The fourth-order valence-corrected chi connectivity index (χ4v) is 6.87. The Morgan fingerprint density at radius 3 is 2.78 bits per heavy atom. The molecule has 0 spiro atoms. The third kappa shape index (κ3) is 4.66. The molecule has 2 bridgehead atoms. The highest BCUT2D eigenvalue weighted by molar-refractivity contribution is 7.11. The summed E-state index contributed by atoms with van der Waals surface area (Å²) in [6, 6.07) is 4.90. The first kappa shape index (κ1) is 24.3. The second-order valence-electron chi connectivity index (χ2n) is 10.2. The zero-order valence-corrected chi connectivity index (χ0v) is 20.5. The molecule has 2 N–H and O–H groups in total. The number of nitrogens with one attached hydrogen (secondary N) is 1. The van der Waals surface area contributed by atoms with E-state index in [1.807, 2.05) is 5.38 Å². The van der Waals surface area contributed by atoms with E-state index in [1.54, 1.807) is 18.2 Å². The van der Waals surface area contributed by atoms with E-state index in [4.69, 9.17) is 21.1 Å². The van der Waals surface area contributed by atoms with E-state index in [0.717, 1.165) is 18.5 Å². The topological polar surface area (TPSA) is 89.9 Å². The van der Waals surface area contributed by atoms with E-state index in [1.165, 1.54) is 11.3 Å². The fraction of sp³-hybridized carbons (Fsp3) is 0.583. The molecule has 1 aromatic heterocycles. The summed E-state index contributed by atoms with van der Waals surface area (Å²) in [6.45, 7) is 0. The number of amides is 1. The number of ether oxygens (including phenoxy) is 3. The van der Waals surface area contributed by atoms with Crippen LogP contribution in [-0.4, -0.2) is 46.2 Å². The summed E-state index contributed by atoms with van der Waals surface area (Å²) in [7, 11) is 0. The molecule has 4 saturated carbocycles. The van der Waals surface area contributed by atoms with Crippen LogP contribution in [-0.2, 0) is 9.53 Å². The van der Waals surface area contributed by atoms with E-state index in [-0.39, 0.29) is 24.3 Å². The maximum absolute atomic E-state index is 12.9. The summed E-state index contributed by atoms with van der Waals surface area (Å²) >= 11 is 7.34. The lowest BCUT2D eigenvalue weighted by atomic mass is 9.79. The van der Waals surface area contributed by atoms with Crippen LogP contribution in [0.4, 0.5) is 13.2 Å². The molecule has 5 aliphatic rings. The first-order valence-corrected chi connectivity index (χ1v) is 13.2. The molecule has 3 atom stereocenters. The van der Waals surface area contributed by atoms with Crippen molar-refractivity contribution >= 4 is 28.8 Å². The number of carbonyl (C=O) groups is 1. The molecular weight excluding hydrogens is 521 g/mol. The number of halogens is 4. The minimum atomic E-state index is -4.61. The van der Waals surface area contributed by atoms with Crippen LogP contribution < -0.4 is 14.8 Å². The molecule has 1 aliphatic heterocycles. The summed E-state index contributed by atoms with van der Waals surface area (Å²) in [5.74, 6) is 0.427. The summed E-state index contributed by atoms with van der Waals surface area (Å²) < 4.78 is 53.1. The van der Waals surface area contributed by atoms with Gasteiger partial charge in [0.25, 0.3) is 11.1 Å². The van der Waals surface area contributed by atoms with Crippen molar-refractivity contribution in [2.45, 2.75) is 80.8 Å². The van der Waals surface area contributed by atoms with Gasteiger partial charge in [-0.25, -0.2) is 4.98 Å². The number of carbonyl (C=O) groups excluding carboxylic acids is 1. The summed E-state index contributed by atoms with van der Waals surface area (Å²) in [5.41, 5.74) is 0.923. The lowest BCUT2D eigenvalue weighted by molar-refractivity contribution is -0.351. The molecular formula is C24H24ClF3N2O5S. The second kappa shape index (κ2) is 8.75. The minimum Gasteiger partial charge on any atom is -0.480 e. The molecule has 4 fully saturated rings. The van der Waals surface area contributed by atoms with Crippen LogP contribution in [0.5, 0.6) is 10.9 Å². The van der Waals surface area contributed by atoms with Crippen molar-refractivity contribution in [2.75, 3.05) is 0 Å². The van der Waals surface area contributed by atoms with E-state index >= 15 is 0 Å². The molecule has 4 aliphatic carbocycles. The third-order valence-electron chi connectivity index (χ3n) is 7.70. The van der Waals surface area contributed by atoms with Gasteiger partial charge in [0.05, 0.1) is 17.9 Å². The molecule has 12 heteroatoms. The maximum Gasteiger partial charge on any atom is 0.522 e. The number of benzene rings is 1. The van der Waals surface area contributed by atoms with E-state index in [2.05, 4.69) is 15.0 Å². The van der Waals surface area contributed by atoms with E-state index in [0.29, 0.717) is 46.7 Å². The van der Waals surface area contributed by atoms with Crippen LogP contribution in [0.25, 0.3) is 0 Å². The number of hydrogen-bond acceptors (Lipinski definition) is 7. The zero-order chi connectivity index (χ0) is 25.2. The number of alkyl halides is 3. The van der Waals surface area contributed by atoms with Crippen LogP contribution in [0.1, 0.15) is 61.8 Å². The Labute approximate surface area is 213 Å². The van der Waals surface area contributed by atoms with Crippen molar-refractivity contribution in [3.05, 3.63) is 39.9 Å². The fourth-order valence-electron chi connectivity index (χ4n) is 5.84. The van der Waals surface area contributed by atoms with Gasteiger partial charge in [0.1, 0.15) is 11.4 Å². The number of thiazole rings is 1. The lowest BCUT2D eigenvalue weighted by Crippen LogP contribution is -2.46. The second-order valence-corrected chi connectivity index (χ2v) is 11.5. The van der Waals surface area contributed by atoms with Crippen molar-refractivity contribution in [3.8, 4) is 10.9 Å². The molecule has 1 amide bonds. The summed E-state index contributed by atoms with van der Waals surface area (Å²) in [4.78, 5) is 17.4. The lowest BCUT2D eigenvalue weighted by Gasteiger charge is -2.37.